The summed E-state index contributed by atoms with van der Waals surface area (Å²) in [5.74, 6) is 2.48. The van der Waals surface area contributed by atoms with Crippen molar-refractivity contribution < 1.29 is 4.79 Å². The van der Waals surface area contributed by atoms with Gasteiger partial charge in [-0.05, 0) is 44.2 Å². The topological polar surface area (TPSA) is 74.2 Å². The van der Waals surface area contributed by atoms with Crippen LogP contribution in [0.25, 0.3) is 0 Å². The van der Waals surface area contributed by atoms with Crippen LogP contribution in [0.4, 0.5) is 17.3 Å². The third-order valence-electron chi connectivity index (χ3n) is 5.01. The number of aromatic nitrogens is 3. The van der Waals surface area contributed by atoms with Gasteiger partial charge in [-0.15, -0.1) is 0 Å². The Morgan fingerprint density at radius 1 is 0.862 bits per heavy atom. The highest BCUT2D eigenvalue weighted by Gasteiger charge is 2.19. The van der Waals surface area contributed by atoms with Gasteiger partial charge in [-0.25, -0.2) is 15.0 Å². The molecule has 1 aliphatic rings. The third-order valence-corrected chi connectivity index (χ3v) is 5.01. The molecule has 0 unspecified atom stereocenters. The summed E-state index contributed by atoms with van der Waals surface area (Å²) in [6.07, 6.45) is 3.44. The van der Waals surface area contributed by atoms with E-state index in [2.05, 4.69) is 30.1 Å². The summed E-state index contributed by atoms with van der Waals surface area (Å²) in [5, 5.41) is 2.90. The fraction of sp³-hybridized carbons (Fsp3) is 0.273. The van der Waals surface area contributed by atoms with Crippen molar-refractivity contribution >= 4 is 23.2 Å². The molecule has 3 aromatic rings. The molecule has 2 aromatic heterocycles. The lowest BCUT2D eigenvalue weighted by atomic mass is 10.2. The molecule has 1 saturated heterocycles. The number of carbonyl (C=O) groups is 1. The maximum absolute atomic E-state index is 12.4. The lowest BCUT2D eigenvalue weighted by molar-refractivity contribution is 0.102. The Hall–Kier alpha value is -3.48. The summed E-state index contributed by atoms with van der Waals surface area (Å²) < 4.78 is 0. The van der Waals surface area contributed by atoms with Crippen LogP contribution in [0.15, 0.2) is 54.9 Å². The Kier molecular flexibility index (Phi) is 5.37. The van der Waals surface area contributed by atoms with Gasteiger partial charge in [0, 0.05) is 44.3 Å². The summed E-state index contributed by atoms with van der Waals surface area (Å²) in [4.78, 5) is 30.1. The number of hydrogen-bond acceptors (Lipinski definition) is 6. The molecule has 7 heteroatoms. The number of anilines is 3. The van der Waals surface area contributed by atoms with E-state index in [4.69, 9.17) is 0 Å². The standard InChI is InChI=1S/C22H24N6O/c1-16-3-6-19(7-4-16)26-22(29)18-5-8-20(24-15-18)27-11-13-28(14-12-27)21-9-10-23-17(2)25-21/h3-10,15H,11-14H2,1-2H3,(H,26,29). The summed E-state index contributed by atoms with van der Waals surface area (Å²) in [7, 11) is 0. The van der Waals surface area contributed by atoms with Gasteiger partial charge in [-0.1, -0.05) is 17.7 Å². The number of nitrogens with one attached hydrogen (secondary N) is 1. The first-order valence-electron chi connectivity index (χ1n) is 9.72. The van der Waals surface area contributed by atoms with Crippen LogP contribution in [0.1, 0.15) is 21.7 Å². The van der Waals surface area contributed by atoms with E-state index in [0.717, 1.165) is 54.9 Å². The van der Waals surface area contributed by atoms with Crippen LogP contribution in [-0.2, 0) is 0 Å². The Balaban J connectivity index is 1.36. The van der Waals surface area contributed by atoms with E-state index in [9.17, 15) is 4.79 Å². The molecular formula is C22H24N6O. The number of pyridine rings is 1. The van der Waals surface area contributed by atoms with Crippen molar-refractivity contribution in [1.29, 1.82) is 0 Å². The Morgan fingerprint density at radius 2 is 1.55 bits per heavy atom. The van der Waals surface area contributed by atoms with E-state index in [1.165, 1.54) is 0 Å². The van der Waals surface area contributed by atoms with Crippen molar-refractivity contribution in [2.45, 2.75) is 13.8 Å². The maximum Gasteiger partial charge on any atom is 0.257 e. The summed E-state index contributed by atoms with van der Waals surface area (Å²) in [6, 6.07) is 13.4. The smallest absolute Gasteiger partial charge is 0.257 e. The summed E-state index contributed by atoms with van der Waals surface area (Å²) in [6.45, 7) is 7.36. The number of rotatable bonds is 4. The van der Waals surface area contributed by atoms with Crippen LogP contribution in [0.5, 0.6) is 0 Å². The minimum atomic E-state index is -0.156. The molecule has 7 nitrogen and oxygen atoms in total. The van der Waals surface area contributed by atoms with Gasteiger partial charge in [0.05, 0.1) is 5.56 Å². The van der Waals surface area contributed by atoms with Gasteiger partial charge < -0.3 is 15.1 Å². The Morgan fingerprint density at radius 3 is 2.17 bits per heavy atom. The molecule has 1 amide bonds. The van der Waals surface area contributed by atoms with E-state index >= 15 is 0 Å². The number of piperazine rings is 1. The lowest BCUT2D eigenvalue weighted by Gasteiger charge is -2.36. The number of nitrogens with zero attached hydrogens (tertiary/aromatic N) is 5. The second-order valence-corrected chi connectivity index (χ2v) is 7.16. The van der Waals surface area contributed by atoms with Crippen LogP contribution >= 0.6 is 0 Å². The zero-order valence-corrected chi connectivity index (χ0v) is 16.7. The molecule has 0 bridgehead atoms. The molecule has 1 N–H and O–H groups in total. The van der Waals surface area contributed by atoms with Crippen molar-refractivity contribution in [3.8, 4) is 0 Å². The van der Waals surface area contributed by atoms with Gasteiger partial charge in [0.25, 0.3) is 5.91 Å². The van der Waals surface area contributed by atoms with Crippen molar-refractivity contribution in [1.82, 2.24) is 15.0 Å². The van der Waals surface area contributed by atoms with E-state index < -0.39 is 0 Å². The zero-order chi connectivity index (χ0) is 20.2. The second-order valence-electron chi connectivity index (χ2n) is 7.16. The molecular weight excluding hydrogens is 364 g/mol. The normalized spacial score (nSPS) is 14.0. The minimum absolute atomic E-state index is 0.156. The molecule has 3 heterocycles. The molecule has 1 fully saturated rings. The highest BCUT2D eigenvalue weighted by atomic mass is 16.1. The number of benzene rings is 1. The van der Waals surface area contributed by atoms with Crippen LogP contribution in [0.3, 0.4) is 0 Å². The van der Waals surface area contributed by atoms with E-state index in [1.807, 2.05) is 56.3 Å². The van der Waals surface area contributed by atoms with E-state index in [0.29, 0.717) is 5.56 Å². The van der Waals surface area contributed by atoms with Crippen LogP contribution in [0.2, 0.25) is 0 Å². The largest absolute Gasteiger partial charge is 0.353 e. The zero-order valence-electron chi connectivity index (χ0n) is 16.7. The number of aryl methyl sites for hydroxylation is 2. The fourth-order valence-corrected chi connectivity index (χ4v) is 3.33. The number of carbonyl (C=O) groups excluding carboxylic acids is 1. The van der Waals surface area contributed by atoms with Crippen LogP contribution in [0, 0.1) is 13.8 Å². The predicted molar refractivity (Wildman–Crippen MR) is 115 cm³/mol. The molecule has 0 spiro atoms. The average Bonchev–Trinajstić information content (AvgIpc) is 2.75. The molecule has 148 valence electrons. The van der Waals surface area contributed by atoms with Crippen LogP contribution in [-0.4, -0.2) is 47.0 Å². The highest BCUT2D eigenvalue weighted by Crippen LogP contribution is 2.18. The van der Waals surface area contributed by atoms with Crippen molar-refractivity contribution in [3.63, 3.8) is 0 Å². The van der Waals surface area contributed by atoms with Gasteiger partial charge in [0.2, 0.25) is 0 Å². The molecule has 0 aliphatic carbocycles. The maximum atomic E-state index is 12.4. The first-order valence-corrected chi connectivity index (χ1v) is 9.72. The van der Waals surface area contributed by atoms with Gasteiger partial charge in [-0.2, -0.15) is 0 Å². The third kappa shape index (κ3) is 4.51. The Labute approximate surface area is 170 Å². The molecule has 29 heavy (non-hydrogen) atoms. The van der Waals surface area contributed by atoms with Gasteiger partial charge >= 0.3 is 0 Å². The predicted octanol–water partition coefficient (Wildman–Crippen LogP) is 3.07. The van der Waals surface area contributed by atoms with Crippen molar-refractivity contribution in [2.75, 3.05) is 41.3 Å². The molecule has 0 saturated carbocycles. The SMILES string of the molecule is Cc1ccc(NC(=O)c2ccc(N3CCN(c4ccnc(C)n4)CC3)nc2)cc1. The first-order chi connectivity index (χ1) is 14.1. The summed E-state index contributed by atoms with van der Waals surface area (Å²) in [5.41, 5.74) is 2.48. The van der Waals surface area contributed by atoms with Crippen LogP contribution < -0.4 is 15.1 Å². The minimum Gasteiger partial charge on any atom is -0.353 e. The first kappa shape index (κ1) is 18.9. The quantitative estimate of drug-likeness (QED) is 0.740. The van der Waals surface area contributed by atoms with Crippen molar-refractivity contribution in [3.05, 3.63) is 71.8 Å². The Bertz CT molecular complexity index is 979. The highest BCUT2D eigenvalue weighted by molar-refractivity contribution is 6.04. The average molecular weight is 388 g/mol. The molecule has 0 atom stereocenters. The number of hydrogen-bond donors (Lipinski definition) is 1. The number of amides is 1. The lowest BCUT2D eigenvalue weighted by Crippen LogP contribution is -2.47. The van der Waals surface area contributed by atoms with E-state index in [1.54, 1.807) is 12.4 Å². The van der Waals surface area contributed by atoms with Gasteiger partial charge in [0.15, 0.2) is 0 Å². The second kappa shape index (κ2) is 8.26. The van der Waals surface area contributed by atoms with E-state index in [-0.39, 0.29) is 5.91 Å². The van der Waals surface area contributed by atoms with Gasteiger partial charge in [0.1, 0.15) is 17.5 Å². The molecule has 0 radical (unpaired) electrons. The molecule has 1 aromatic carbocycles. The monoisotopic (exact) mass is 388 g/mol. The summed E-state index contributed by atoms with van der Waals surface area (Å²) >= 11 is 0. The fourth-order valence-electron chi connectivity index (χ4n) is 3.33. The van der Waals surface area contributed by atoms with Gasteiger partial charge in [-0.3, -0.25) is 4.79 Å². The van der Waals surface area contributed by atoms with Crippen molar-refractivity contribution in [2.24, 2.45) is 0 Å². The molecule has 1 aliphatic heterocycles. The molecule has 4 rings (SSSR count).